The molecule has 1 aromatic heterocycles. The van der Waals surface area contributed by atoms with Gasteiger partial charge in [0.25, 0.3) is 0 Å². The molecule has 21 heavy (non-hydrogen) atoms. The molecule has 0 saturated heterocycles. The molecule has 0 atom stereocenters. The molecule has 0 bridgehead atoms. The van der Waals surface area contributed by atoms with E-state index in [-0.39, 0.29) is 0 Å². The minimum Gasteiger partial charge on any atom is -0.494 e. The SMILES string of the molecule is Cc1cnc(-c2ccc(OCCC(C)(C)C)cc2)nc1C. The van der Waals surface area contributed by atoms with Crippen molar-refractivity contribution in [2.45, 2.75) is 41.0 Å². The molecule has 2 rings (SSSR count). The number of rotatable bonds is 4. The summed E-state index contributed by atoms with van der Waals surface area (Å²) in [4.78, 5) is 8.90. The van der Waals surface area contributed by atoms with Crippen molar-refractivity contribution in [2.75, 3.05) is 6.61 Å². The zero-order chi connectivity index (χ0) is 15.5. The minimum atomic E-state index is 0.299. The highest BCUT2D eigenvalue weighted by Crippen LogP contribution is 2.22. The maximum Gasteiger partial charge on any atom is 0.159 e. The van der Waals surface area contributed by atoms with Crippen molar-refractivity contribution in [3.05, 3.63) is 41.7 Å². The van der Waals surface area contributed by atoms with Crippen molar-refractivity contribution in [1.29, 1.82) is 0 Å². The van der Waals surface area contributed by atoms with Crippen LogP contribution in [0.1, 0.15) is 38.4 Å². The summed E-state index contributed by atoms with van der Waals surface area (Å²) in [5.41, 5.74) is 3.44. The van der Waals surface area contributed by atoms with Gasteiger partial charge in [-0.25, -0.2) is 9.97 Å². The second-order valence-electron chi connectivity index (χ2n) is 6.65. The maximum absolute atomic E-state index is 5.77. The molecule has 0 radical (unpaired) electrons. The van der Waals surface area contributed by atoms with Crippen molar-refractivity contribution in [2.24, 2.45) is 5.41 Å². The van der Waals surface area contributed by atoms with Crippen LogP contribution in [0.15, 0.2) is 30.5 Å². The minimum absolute atomic E-state index is 0.299. The lowest BCUT2D eigenvalue weighted by atomic mass is 9.93. The van der Waals surface area contributed by atoms with Gasteiger partial charge in [-0.05, 0) is 55.5 Å². The Morgan fingerprint density at radius 3 is 2.29 bits per heavy atom. The average molecular weight is 284 g/mol. The van der Waals surface area contributed by atoms with E-state index in [9.17, 15) is 0 Å². The molecule has 0 unspecified atom stereocenters. The fourth-order valence-electron chi connectivity index (χ4n) is 1.84. The van der Waals surface area contributed by atoms with Gasteiger partial charge in [0.15, 0.2) is 5.82 Å². The van der Waals surface area contributed by atoms with Gasteiger partial charge < -0.3 is 4.74 Å². The van der Waals surface area contributed by atoms with Crippen LogP contribution in [0.4, 0.5) is 0 Å². The third-order valence-electron chi connectivity index (χ3n) is 3.46. The van der Waals surface area contributed by atoms with Gasteiger partial charge in [0, 0.05) is 17.5 Å². The van der Waals surface area contributed by atoms with Crippen LogP contribution in [-0.4, -0.2) is 16.6 Å². The van der Waals surface area contributed by atoms with E-state index in [2.05, 4.69) is 30.7 Å². The first kappa shape index (κ1) is 15.5. The highest BCUT2D eigenvalue weighted by Gasteiger charge is 2.10. The van der Waals surface area contributed by atoms with Crippen LogP contribution in [0.5, 0.6) is 5.75 Å². The summed E-state index contributed by atoms with van der Waals surface area (Å²) in [7, 11) is 0. The van der Waals surface area contributed by atoms with E-state index in [1.54, 1.807) is 0 Å². The van der Waals surface area contributed by atoms with E-state index in [1.165, 1.54) is 0 Å². The molecule has 112 valence electrons. The first-order valence-corrected chi connectivity index (χ1v) is 7.39. The number of hydrogen-bond acceptors (Lipinski definition) is 3. The Bertz CT molecular complexity index is 598. The normalized spacial score (nSPS) is 11.5. The van der Waals surface area contributed by atoms with Gasteiger partial charge in [-0.1, -0.05) is 20.8 Å². The molecule has 0 aliphatic heterocycles. The largest absolute Gasteiger partial charge is 0.494 e. The van der Waals surface area contributed by atoms with Crippen molar-refractivity contribution in [3.8, 4) is 17.1 Å². The highest BCUT2D eigenvalue weighted by molar-refractivity contribution is 5.56. The van der Waals surface area contributed by atoms with Crippen LogP contribution < -0.4 is 4.74 Å². The Morgan fingerprint density at radius 1 is 1.05 bits per heavy atom. The number of hydrogen-bond donors (Lipinski definition) is 0. The Labute approximate surface area is 127 Å². The summed E-state index contributed by atoms with van der Waals surface area (Å²) in [6.45, 7) is 11.4. The number of benzene rings is 1. The second-order valence-corrected chi connectivity index (χ2v) is 6.65. The van der Waals surface area contributed by atoms with E-state index in [4.69, 9.17) is 4.74 Å². The predicted octanol–water partition coefficient (Wildman–Crippen LogP) is 4.58. The quantitative estimate of drug-likeness (QED) is 0.824. The lowest BCUT2D eigenvalue weighted by molar-refractivity contribution is 0.243. The molecule has 0 saturated carbocycles. The summed E-state index contributed by atoms with van der Waals surface area (Å²) in [6, 6.07) is 7.99. The summed E-state index contributed by atoms with van der Waals surface area (Å²) >= 11 is 0. The topological polar surface area (TPSA) is 35.0 Å². The lowest BCUT2D eigenvalue weighted by Crippen LogP contribution is -2.11. The van der Waals surface area contributed by atoms with Crippen LogP contribution in [0.25, 0.3) is 11.4 Å². The molecular formula is C18H24N2O. The lowest BCUT2D eigenvalue weighted by Gasteiger charge is -2.18. The molecule has 0 aliphatic rings. The van der Waals surface area contributed by atoms with Crippen molar-refractivity contribution < 1.29 is 4.74 Å². The Morgan fingerprint density at radius 2 is 1.71 bits per heavy atom. The Hall–Kier alpha value is -1.90. The van der Waals surface area contributed by atoms with Gasteiger partial charge in [0.2, 0.25) is 0 Å². The predicted molar refractivity (Wildman–Crippen MR) is 86.5 cm³/mol. The van der Waals surface area contributed by atoms with E-state index in [0.717, 1.165) is 41.4 Å². The fourth-order valence-corrected chi connectivity index (χ4v) is 1.84. The molecule has 2 aromatic rings. The van der Waals surface area contributed by atoms with Gasteiger partial charge in [0.05, 0.1) is 6.61 Å². The number of nitrogens with zero attached hydrogens (tertiary/aromatic N) is 2. The number of aryl methyl sites for hydroxylation is 2. The summed E-state index contributed by atoms with van der Waals surface area (Å²) in [5.74, 6) is 1.66. The zero-order valence-corrected chi connectivity index (χ0v) is 13.6. The van der Waals surface area contributed by atoms with E-state index in [0.29, 0.717) is 5.41 Å². The molecule has 0 N–H and O–H groups in total. The van der Waals surface area contributed by atoms with E-state index in [1.807, 2.05) is 44.3 Å². The third-order valence-corrected chi connectivity index (χ3v) is 3.46. The molecule has 0 fully saturated rings. The van der Waals surface area contributed by atoms with Crippen molar-refractivity contribution in [1.82, 2.24) is 9.97 Å². The number of ether oxygens (including phenoxy) is 1. The first-order chi connectivity index (χ1) is 9.85. The van der Waals surface area contributed by atoms with Gasteiger partial charge >= 0.3 is 0 Å². The van der Waals surface area contributed by atoms with Crippen molar-refractivity contribution in [3.63, 3.8) is 0 Å². The summed E-state index contributed by atoms with van der Waals surface area (Å²) in [5, 5.41) is 0. The van der Waals surface area contributed by atoms with Crippen LogP contribution in [0.2, 0.25) is 0 Å². The molecular weight excluding hydrogens is 260 g/mol. The summed E-state index contributed by atoms with van der Waals surface area (Å²) in [6.07, 6.45) is 2.90. The summed E-state index contributed by atoms with van der Waals surface area (Å²) < 4.78 is 5.77. The maximum atomic E-state index is 5.77. The standard InChI is InChI=1S/C18H24N2O/c1-13-12-19-17(20-14(13)2)15-6-8-16(9-7-15)21-11-10-18(3,4)5/h6-9,12H,10-11H2,1-5H3. The third kappa shape index (κ3) is 4.55. The van der Waals surface area contributed by atoms with Crippen LogP contribution in [0, 0.1) is 19.3 Å². The first-order valence-electron chi connectivity index (χ1n) is 7.39. The molecule has 0 spiro atoms. The Balaban J connectivity index is 2.03. The Kier molecular flexibility index (Phi) is 4.61. The average Bonchev–Trinajstić information content (AvgIpc) is 2.41. The van der Waals surface area contributed by atoms with Crippen LogP contribution in [0.3, 0.4) is 0 Å². The fraction of sp³-hybridized carbons (Fsp3) is 0.444. The molecule has 0 aliphatic carbocycles. The highest BCUT2D eigenvalue weighted by atomic mass is 16.5. The zero-order valence-electron chi connectivity index (χ0n) is 13.6. The van der Waals surface area contributed by atoms with Crippen LogP contribution >= 0.6 is 0 Å². The van der Waals surface area contributed by atoms with Gasteiger partial charge in [-0.15, -0.1) is 0 Å². The van der Waals surface area contributed by atoms with Crippen molar-refractivity contribution >= 4 is 0 Å². The van der Waals surface area contributed by atoms with Gasteiger partial charge in [-0.3, -0.25) is 0 Å². The molecule has 1 aromatic carbocycles. The molecule has 3 heteroatoms. The van der Waals surface area contributed by atoms with Gasteiger partial charge in [0.1, 0.15) is 5.75 Å². The second kappa shape index (κ2) is 6.25. The monoisotopic (exact) mass is 284 g/mol. The van der Waals surface area contributed by atoms with Gasteiger partial charge in [-0.2, -0.15) is 0 Å². The molecule has 0 amide bonds. The van der Waals surface area contributed by atoms with Crippen LogP contribution in [-0.2, 0) is 0 Å². The molecule has 3 nitrogen and oxygen atoms in total. The van der Waals surface area contributed by atoms with E-state index >= 15 is 0 Å². The van der Waals surface area contributed by atoms with E-state index < -0.39 is 0 Å². The molecule has 1 heterocycles. The smallest absolute Gasteiger partial charge is 0.159 e. The number of aromatic nitrogens is 2.